The molecule has 0 bridgehead atoms. The van der Waals surface area contributed by atoms with E-state index in [1.54, 1.807) is 0 Å². The van der Waals surface area contributed by atoms with Crippen LogP contribution >= 0.6 is 0 Å². The summed E-state index contributed by atoms with van der Waals surface area (Å²) in [6.07, 6.45) is 1.89. The molecule has 0 saturated carbocycles. The van der Waals surface area contributed by atoms with E-state index in [1.165, 1.54) is 0 Å². The van der Waals surface area contributed by atoms with Crippen LogP contribution in [-0.4, -0.2) is 19.6 Å². The third kappa shape index (κ3) is 7.78. The fraction of sp³-hybridized carbons (Fsp3) is 0.158. The van der Waals surface area contributed by atoms with Gasteiger partial charge in [0.1, 0.15) is 11.6 Å². The predicted molar refractivity (Wildman–Crippen MR) is 255 cm³/mol. The van der Waals surface area contributed by atoms with Crippen LogP contribution in [0.2, 0.25) is 0 Å². The standard InChI is InChI=1S/C57H51N3O/c1-36(2)43-27-46(41-21-14-9-15-22-41)32-49(31-43)60-54-24-16-23-50(55(54)59-57(60)52-34-44(37(3)4)33-51(38(5)6)56(52)61)47-28-45(40-19-12-8-13-20-40)29-48(30-47)53-35-42(25-26-58-53)39-17-10-7-11-18-39/h7-38,61H,1-6H3/i36D. The second-order valence-corrected chi connectivity index (χ2v) is 16.9. The molecule has 7 aromatic carbocycles. The monoisotopic (exact) mass is 794 g/mol. The topological polar surface area (TPSA) is 50.9 Å². The van der Waals surface area contributed by atoms with Gasteiger partial charge in [-0.15, -0.1) is 0 Å². The molecule has 0 amide bonds. The van der Waals surface area contributed by atoms with Crippen LogP contribution in [0.1, 0.15) is 77.3 Å². The van der Waals surface area contributed by atoms with Crippen molar-refractivity contribution in [2.24, 2.45) is 0 Å². The second kappa shape index (κ2) is 16.5. The van der Waals surface area contributed by atoms with Crippen molar-refractivity contribution in [1.82, 2.24) is 14.5 Å². The minimum atomic E-state index is -0.883. The largest absolute Gasteiger partial charge is 0.507 e. The highest BCUT2D eigenvalue weighted by Crippen LogP contribution is 2.44. The van der Waals surface area contributed by atoms with E-state index in [9.17, 15) is 6.48 Å². The lowest BCUT2D eigenvalue weighted by Crippen LogP contribution is -2.03. The van der Waals surface area contributed by atoms with Crippen LogP contribution in [0.25, 0.3) is 83.9 Å². The number of nitrogens with zero attached hydrogens (tertiary/aromatic N) is 3. The predicted octanol–water partition coefficient (Wildman–Crippen LogP) is 15.5. The van der Waals surface area contributed by atoms with Crippen molar-refractivity contribution < 1.29 is 6.48 Å². The molecule has 1 N–H and O–H groups in total. The molecule has 0 saturated heterocycles. The first-order chi connectivity index (χ1) is 29.9. The smallest absolute Gasteiger partial charge is 0.149 e. The molecule has 9 aromatic rings. The number of aromatic nitrogens is 3. The Bertz CT molecular complexity index is 3050. The number of aromatic hydroxyl groups is 1. The maximum Gasteiger partial charge on any atom is 0.149 e. The molecular weight excluding hydrogens is 743 g/mol. The molecule has 0 aliphatic carbocycles. The molecule has 0 aliphatic rings. The van der Waals surface area contributed by atoms with Crippen LogP contribution < -0.4 is 0 Å². The summed E-state index contributed by atoms with van der Waals surface area (Å²) in [6, 6.07) is 59.2. The molecule has 0 atom stereocenters. The maximum atomic E-state index is 12.3. The van der Waals surface area contributed by atoms with Gasteiger partial charge in [-0.3, -0.25) is 9.55 Å². The number of rotatable bonds is 10. The molecule has 0 fully saturated rings. The molecule has 9 rings (SSSR count). The fourth-order valence-electron chi connectivity index (χ4n) is 8.35. The lowest BCUT2D eigenvalue weighted by molar-refractivity contribution is 0.466. The molecule has 300 valence electrons. The van der Waals surface area contributed by atoms with Crippen molar-refractivity contribution in [3.05, 3.63) is 193 Å². The van der Waals surface area contributed by atoms with Gasteiger partial charge in [0.2, 0.25) is 0 Å². The van der Waals surface area contributed by atoms with Gasteiger partial charge in [0.25, 0.3) is 0 Å². The Morgan fingerprint density at radius 2 is 1.10 bits per heavy atom. The van der Waals surface area contributed by atoms with Gasteiger partial charge < -0.3 is 5.11 Å². The summed E-state index contributed by atoms with van der Waals surface area (Å²) >= 11 is 0. The lowest BCUT2D eigenvalue weighted by atomic mass is 9.91. The zero-order valence-corrected chi connectivity index (χ0v) is 35.7. The Morgan fingerprint density at radius 1 is 0.492 bits per heavy atom. The van der Waals surface area contributed by atoms with Crippen molar-refractivity contribution in [3.8, 4) is 78.6 Å². The SMILES string of the molecule is [2H]C(C)(C)c1cc(-c2ccccc2)cc(-n2c(-c3cc(C(C)C)cc(C(C)C)c3O)nc3c(-c4cc(-c5ccccc5)cc(-c5cc(-c6ccccc6)ccn5)c4)cccc32)c1. The summed E-state index contributed by atoms with van der Waals surface area (Å²) in [6.45, 7) is 12.5. The van der Waals surface area contributed by atoms with Crippen molar-refractivity contribution in [2.75, 3.05) is 0 Å². The van der Waals surface area contributed by atoms with E-state index in [4.69, 9.17) is 9.97 Å². The van der Waals surface area contributed by atoms with Gasteiger partial charge >= 0.3 is 0 Å². The number of para-hydroxylation sites is 1. The summed E-state index contributed by atoms with van der Waals surface area (Å²) in [7, 11) is 0. The quantitative estimate of drug-likeness (QED) is 0.150. The van der Waals surface area contributed by atoms with E-state index in [0.29, 0.717) is 11.4 Å². The first kappa shape index (κ1) is 38.2. The van der Waals surface area contributed by atoms with Gasteiger partial charge in [-0.25, -0.2) is 4.98 Å². The normalized spacial score (nSPS) is 12.0. The summed E-state index contributed by atoms with van der Waals surface area (Å²) in [4.78, 5) is 10.5. The minimum absolute atomic E-state index is 0.0890. The Kier molecular flexibility index (Phi) is 10.4. The van der Waals surface area contributed by atoms with E-state index in [2.05, 4.69) is 172 Å². The van der Waals surface area contributed by atoms with Crippen molar-refractivity contribution >= 4 is 11.0 Å². The molecule has 0 aliphatic heterocycles. The minimum Gasteiger partial charge on any atom is -0.507 e. The average Bonchev–Trinajstić information content (AvgIpc) is 3.69. The van der Waals surface area contributed by atoms with Crippen LogP contribution in [0.3, 0.4) is 0 Å². The van der Waals surface area contributed by atoms with Crippen molar-refractivity contribution in [3.63, 3.8) is 0 Å². The second-order valence-electron chi connectivity index (χ2n) is 16.9. The van der Waals surface area contributed by atoms with Crippen LogP contribution in [0, 0.1) is 0 Å². The third-order valence-electron chi connectivity index (χ3n) is 11.8. The number of benzene rings is 7. The van der Waals surface area contributed by atoms with E-state index in [0.717, 1.165) is 89.2 Å². The van der Waals surface area contributed by atoms with Crippen LogP contribution in [0.15, 0.2) is 176 Å². The van der Waals surface area contributed by atoms with Crippen LogP contribution in [0.4, 0.5) is 0 Å². The lowest BCUT2D eigenvalue weighted by Gasteiger charge is -2.19. The van der Waals surface area contributed by atoms with E-state index in [-0.39, 0.29) is 17.6 Å². The number of phenolic OH excluding ortho intramolecular Hbond substituents is 1. The Hall–Kier alpha value is -7.04. The summed E-state index contributed by atoms with van der Waals surface area (Å²) in [5, 5.41) is 12.3. The van der Waals surface area contributed by atoms with Gasteiger partial charge in [0.05, 0.1) is 22.3 Å². The maximum absolute atomic E-state index is 12.3. The molecule has 61 heavy (non-hydrogen) atoms. The van der Waals surface area contributed by atoms with Gasteiger partial charge in [-0.1, -0.05) is 157 Å². The van der Waals surface area contributed by atoms with Gasteiger partial charge in [-0.2, -0.15) is 0 Å². The number of hydrogen-bond acceptors (Lipinski definition) is 3. The first-order valence-electron chi connectivity index (χ1n) is 21.8. The number of phenols is 1. The molecular formula is C57H51N3O. The van der Waals surface area contributed by atoms with Gasteiger partial charge in [0, 0.05) is 24.4 Å². The molecule has 0 spiro atoms. The fourth-order valence-corrected chi connectivity index (χ4v) is 8.35. The highest BCUT2D eigenvalue weighted by Gasteiger charge is 2.24. The Labute approximate surface area is 361 Å². The molecule has 0 unspecified atom stereocenters. The Balaban J connectivity index is 1.34. The molecule has 4 heteroatoms. The number of pyridine rings is 1. The summed E-state index contributed by atoms with van der Waals surface area (Å²) < 4.78 is 11.4. The van der Waals surface area contributed by atoms with Crippen LogP contribution in [0.5, 0.6) is 5.75 Å². The van der Waals surface area contributed by atoms with Gasteiger partial charge in [0.15, 0.2) is 0 Å². The molecule has 0 radical (unpaired) electrons. The highest BCUT2D eigenvalue weighted by atomic mass is 16.3. The number of imidazole rings is 1. The zero-order valence-electron chi connectivity index (χ0n) is 36.7. The van der Waals surface area contributed by atoms with Crippen LogP contribution in [-0.2, 0) is 0 Å². The van der Waals surface area contributed by atoms with Crippen molar-refractivity contribution in [2.45, 2.75) is 59.3 Å². The average molecular weight is 795 g/mol. The summed E-state index contributed by atoms with van der Waals surface area (Å²) in [5.74, 6) is 0.313. The summed E-state index contributed by atoms with van der Waals surface area (Å²) in [5.41, 5.74) is 16.5. The molecule has 4 nitrogen and oxygen atoms in total. The van der Waals surface area contributed by atoms with E-state index >= 15 is 0 Å². The first-order valence-corrected chi connectivity index (χ1v) is 21.3. The third-order valence-corrected chi connectivity index (χ3v) is 11.8. The number of hydrogen-bond donors (Lipinski definition) is 1. The zero-order chi connectivity index (χ0) is 43.1. The molecule has 2 heterocycles. The van der Waals surface area contributed by atoms with E-state index < -0.39 is 5.89 Å². The highest BCUT2D eigenvalue weighted by molar-refractivity contribution is 5.98. The molecule has 2 aromatic heterocycles. The number of fused-ring (bicyclic) bond motifs is 1. The van der Waals surface area contributed by atoms with E-state index in [1.807, 2.05) is 50.4 Å². The Morgan fingerprint density at radius 3 is 1.72 bits per heavy atom. The van der Waals surface area contributed by atoms with Gasteiger partial charge in [-0.05, 0) is 128 Å². The van der Waals surface area contributed by atoms with Crippen molar-refractivity contribution in [1.29, 1.82) is 0 Å².